The molecule has 15 aromatic rings. The number of hydrogen-bond donors (Lipinski definition) is 0. The van der Waals surface area contributed by atoms with E-state index in [1.807, 2.05) is 6.07 Å². The van der Waals surface area contributed by atoms with Gasteiger partial charge in [0.1, 0.15) is 0 Å². The van der Waals surface area contributed by atoms with Crippen molar-refractivity contribution in [1.29, 1.82) is 0 Å². The van der Waals surface area contributed by atoms with Crippen molar-refractivity contribution in [2.45, 2.75) is 0 Å². The monoisotopic (exact) mass is 915 g/mol. The van der Waals surface area contributed by atoms with Crippen molar-refractivity contribution in [2.24, 2.45) is 0 Å². The standard InChI is InChI=1S/C67H41N5/c1-2-16-43(17-3-1)53-24-10-11-26-56(53)66-68-65(50-30-29-42-15-4-5-18-45(42)35-50)69-67(70-66)57-27-14-23-44-31-32-51(40-58(44)57)72-63-39-49-22-9-7-20-47(49)37-60(63)55-34-33-52(41-64(55)72)71-61-28-13-12-25-54(61)59-36-46-19-6-8-21-48(46)38-62(59)71/h1-41H. The first-order valence-electron chi connectivity index (χ1n) is 24.5. The number of nitrogens with zero attached hydrogens (tertiary/aromatic N) is 5. The molecular weight excluding hydrogens is 875 g/mol. The molecule has 0 saturated carbocycles. The molecule has 0 aliphatic carbocycles. The smallest absolute Gasteiger partial charge is 0.164 e. The first kappa shape index (κ1) is 40.2. The van der Waals surface area contributed by atoms with Gasteiger partial charge in [-0.25, -0.2) is 15.0 Å². The zero-order chi connectivity index (χ0) is 47.3. The van der Waals surface area contributed by atoms with E-state index < -0.39 is 0 Å². The van der Waals surface area contributed by atoms with E-state index in [0.717, 1.165) is 66.4 Å². The lowest BCUT2D eigenvalue weighted by atomic mass is 9.99. The minimum absolute atomic E-state index is 0.614. The number of para-hydroxylation sites is 1. The molecule has 12 aromatic carbocycles. The van der Waals surface area contributed by atoms with Gasteiger partial charge in [-0.05, 0) is 115 Å². The quantitative estimate of drug-likeness (QED) is 0.167. The molecule has 0 saturated heterocycles. The third kappa shape index (κ3) is 6.38. The summed E-state index contributed by atoms with van der Waals surface area (Å²) >= 11 is 0. The van der Waals surface area contributed by atoms with Crippen LogP contribution in [0.25, 0.3) is 143 Å². The fourth-order valence-electron chi connectivity index (χ4n) is 11.3. The van der Waals surface area contributed by atoms with E-state index in [4.69, 9.17) is 15.0 Å². The fraction of sp³-hybridized carbons (Fsp3) is 0. The summed E-state index contributed by atoms with van der Waals surface area (Å²) in [6.45, 7) is 0. The van der Waals surface area contributed by atoms with Gasteiger partial charge in [0.25, 0.3) is 0 Å². The maximum Gasteiger partial charge on any atom is 0.164 e. The summed E-state index contributed by atoms with van der Waals surface area (Å²) in [5.74, 6) is 1.86. The molecule has 0 amide bonds. The summed E-state index contributed by atoms with van der Waals surface area (Å²) in [7, 11) is 0. The molecule has 0 fully saturated rings. The summed E-state index contributed by atoms with van der Waals surface area (Å²) in [6, 6.07) is 89.6. The molecule has 15 rings (SSSR count). The van der Waals surface area contributed by atoms with Gasteiger partial charge in [0.15, 0.2) is 17.5 Å². The molecule has 5 nitrogen and oxygen atoms in total. The van der Waals surface area contributed by atoms with Crippen molar-refractivity contribution in [3.05, 3.63) is 249 Å². The van der Waals surface area contributed by atoms with E-state index >= 15 is 0 Å². The molecule has 72 heavy (non-hydrogen) atoms. The van der Waals surface area contributed by atoms with Crippen LogP contribution < -0.4 is 0 Å². The summed E-state index contributed by atoms with van der Waals surface area (Å²) in [4.78, 5) is 16.0. The maximum absolute atomic E-state index is 5.40. The SMILES string of the molecule is c1ccc(-c2ccccc2-c2nc(-c3ccc4ccccc4c3)nc(-c3cccc4ccc(-n5c6cc(-n7c8ccccc8c8cc9ccccc9cc87)ccc6c6cc7ccccc7cc65)cc34)n2)cc1. The highest BCUT2D eigenvalue weighted by Gasteiger charge is 2.21. The molecule has 0 spiro atoms. The van der Waals surface area contributed by atoms with Gasteiger partial charge < -0.3 is 9.13 Å². The molecule has 334 valence electrons. The fourth-order valence-corrected chi connectivity index (χ4v) is 11.3. The third-order valence-corrected chi connectivity index (χ3v) is 14.7. The minimum atomic E-state index is 0.614. The van der Waals surface area contributed by atoms with Crippen LogP contribution in [0.1, 0.15) is 0 Å². The molecule has 3 aromatic heterocycles. The Labute approximate surface area is 414 Å². The van der Waals surface area contributed by atoms with Crippen molar-refractivity contribution in [2.75, 3.05) is 0 Å². The number of aromatic nitrogens is 5. The molecule has 5 heteroatoms. The van der Waals surface area contributed by atoms with Crippen LogP contribution in [0.4, 0.5) is 0 Å². The number of hydrogen-bond acceptors (Lipinski definition) is 3. The third-order valence-electron chi connectivity index (χ3n) is 14.7. The summed E-state index contributed by atoms with van der Waals surface area (Å²) in [6.07, 6.45) is 0. The van der Waals surface area contributed by atoms with Crippen LogP contribution in [0, 0.1) is 0 Å². The normalized spacial score (nSPS) is 11.9. The molecule has 0 radical (unpaired) electrons. The van der Waals surface area contributed by atoms with Gasteiger partial charge in [-0.1, -0.05) is 188 Å². The molecule has 0 N–H and O–H groups in total. The van der Waals surface area contributed by atoms with E-state index in [0.29, 0.717) is 17.5 Å². The molecule has 0 atom stereocenters. The van der Waals surface area contributed by atoms with Crippen LogP contribution in [0.3, 0.4) is 0 Å². The predicted octanol–water partition coefficient (Wildman–Crippen LogP) is 17.3. The molecular formula is C67H41N5. The lowest BCUT2D eigenvalue weighted by Crippen LogP contribution is -2.02. The first-order chi connectivity index (χ1) is 35.7. The van der Waals surface area contributed by atoms with E-state index in [2.05, 4.69) is 252 Å². The Morgan fingerprint density at radius 2 is 0.708 bits per heavy atom. The average molecular weight is 916 g/mol. The van der Waals surface area contributed by atoms with Gasteiger partial charge in [-0.2, -0.15) is 0 Å². The van der Waals surface area contributed by atoms with Crippen LogP contribution in [0.15, 0.2) is 249 Å². The highest BCUT2D eigenvalue weighted by Crippen LogP contribution is 2.41. The van der Waals surface area contributed by atoms with E-state index in [1.165, 1.54) is 59.5 Å². The summed E-state index contributed by atoms with van der Waals surface area (Å²) in [5.41, 5.74) is 11.8. The predicted molar refractivity (Wildman–Crippen MR) is 300 cm³/mol. The summed E-state index contributed by atoms with van der Waals surface area (Å²) < 4.78 is 4.89. The highest BCUT2D eigenvalue weighted by atomic mass is 15.0. The van der Waals surface area contributed by atoms with Gasteiger partial charge in [-0.3, -0.25) is 0 Å². The van der Waals surface area contributed by atoms with Crippen molar-refractivity contribution in [3.63, 3.8) is 0 Å². The van der Waals surface area contributed by atoms with Crippen LogP contribution in [0.2, 0.25) is 0 Å². The second-order valence-electron chi connectivity index (χ2n) is 18.8. The van der Waals surface area contributed by atoms with Crippen LogP contribution in [-0.4, -0.2) is 24.1 Å². The molecule has 0 unspecified atom stereocenters. The van der Waals surface area contributed by atoms with Crippen LogP contribution in [-0.2, 0) is 0 Å². The second-order valence-corrected chi connectivity index (χ2v) is 18.8. The van der Waals surface area contributed by atoms with Crippen LogP contribution in [0.5, 0.6) is 0 Å². The zero-order valence-electron chi connectivity index (χ0n) is 38.9. The Hall–Kier alpha value is -9.71. The Bertz CT molecular complexity index is 4700. The Balaban J connectivity index is 0.973. The first-order valence-corrected chi connectivity index (χ1v) is 24.5. The number of rotatable bonds is 6. The van der Waals surface area contributed by atoms with Crippen molar-refractivity contribution >= 4 is 86.7 Å². The zero-order valence-corrected chi connectivity index (χ0v) is 38.9. The van der Waals surface area contributed by atoms with Crippen LogP contribution >= 0.6 is 0 Å². The molecule has 3 heterocycles. The van der Waals surface area contributed by atoms with Crippen molar-refractivity contribution in [1.82, 2.24) is 24.1 Å². The topological polar surface area (TPSA) is 48.5 Å². The maximum atomic E-state index is 5.40. The summed E-state index contributed by atoms with van der Waals surface area (Å²) in [5, 5.41) is 14.2. The second kappa shape index (κ2) is 15.9. The largest absolute Gasteiger partial charge is 0.309 e. The number of fused-ring (bicyclic) bond motifs is 10. The van der Waals surface area contributed by atoms with E-state index in [-0.39, 0.29) is 0 Å². The molecule has 0 aliphatic heterocycles. The average Bonchev–Trinajstić information content (AvgIpc) is 3.94. The molecule has 0 aliphatic rings. The van der Waals surface area contributed by atoms with Crippen molar-refractivity contribution < 1.29 is 0 Å². The van der Waals surface area contributed by atoms with Gasteiger partial charge >= 0.3 is 0 Å². The lowest BCUT2D eigenvalue weighted by molar-refractivity contribution is 1.08. The lowest BCUT2D eigenvalue weighted by Gasteiger charge is -2.15. The van der Waals surface area contributed by atoms with Crippen molar-refractivity contribution in [3.8, 4) is 56.7 Å². The Kier molecular flexibility index (Phi) is 8.89. The number of benzene rings is 12. The minimum Gasteiger partial charge on any atom is -0.309 e. The van der Waals surface area contributed by atoms with Gasteiger partial charge in [0.2, 0.25) is 0 Å². The van der Waals surface area contributed by atoms with Gasteiger partial charge in [-0.15, -0.1) is 0 Å². The van der Waals surface area contributed by atoms with Gasteiger partial charge in [0, 0.05) is 49.6 Å². The van der Waals surface area contributed by atoms with E-state index in [9.17, 15) is 0 Å². The van der Waals surface area contributed by atoms with E-state index in [1.54, 1.807) is 0 Å². The Morgan fingerprint density at radius 3 is 1.44 bits per heavy atom. The highest BCUT2D eigenvalue weighted by molar-refractivity contribution is 6.16. The molecule has 0 bridgehead atoms. The Morgan fingerprint density at radius 1 is 0.222 bits per heavy atom. The van der Waals surface area contributed by atoms with Gasteiger partial charge in [0.05, 0.1) is 22.1 Å².